The Morgan fingerprint density at radius 2 is 2.09 bits per heavy atom. The molecular weight excluding hydrogens is 339 g/mol. The Labute approximate surface area is 133 Å². The van der Waals surface area contributed by atoms with E-state index in [9.17, 15) is 18.4 Å². The van der Waals surface area contributed by atoms with Gasteiger partial charge in [0, 0.05) is 37.2 Å². The molecule has 0 unspecified atom stereocenters. The maximum absolute atomic E-state index is 12.8. The molecule has 0 radical (unpaired) electrons. The van der Waals surface area contributed by atoms with E-state index in [0.717, 1.165) is 40.7 Å². The van der Waals surface area contributed by atoms with Crippen LogP contribution >= 0.6 is 23.4 Å². The highest BCUT2D eigenvalue weighted by Crippen LogP contribution is 2.32. The van der Waals surface area contributed by atoms with E-state index >= 15 is 0 Å². The van der Waals surface area contributed by atoms with Crippen LogP contribution in [0.15, 0.2) is 18.2 Å². The number of benzene rings is 1. The Morgan fingerprint density at radius 1 is 1.32 bits per heavy atom. The van der Waals surface area contributed by atoms with Crippen LogP contribution in [-0.4, -0.2) is 5.75 Å². The second kappa shape index (κ2) is 7.60. The second-order valence-corrected chi connectivity index (χ2v) is 6.63. The van der Waals surface area contributed by atoms with Gasteiger partial charge >= 0.3 is 6.18 Å². The molecule has 0 spiro atoms. The molecule has 22 heavy (non-hydrogen) atoms. The van der Waals surface area contributed by atoms with Crippen molar-refractivity contribution in [3.63, 3.8) is 0 Å². The molecule has 4 nitrogen and oxygen atoms in total. The zero-order valence-corrected chi connectivity index (χ0v) is 13.3. The number of halogens is 3. The monoisotopic (exact) mass is 353 g/mol. The number of hydrogen-bond acceptors (Lipinski definition) is 5. The molecule has 0 amide bonds. The predicted molar refractivity (Wildman–Crippen MR) is 75.6 cm³/mol. The maximum atomic E-state index is 12.8. The summed E-state index contributed by atoms with van der Waals surface area (Å²) < 4.78 is 45.3. The Bertz CT molecular complexity index is 631. The standard InChI is InChI=1S/C13H14F3NO3S2/c1-9-17(6-2-3-7-21-20-19-18)11-8-10(13(14,15)16)4-5-12(11)22-9/h4-5,8H,2-3,6-7H2,1H3. The van der Waals surface area contributed by atoms with Gasteiger partial charge in [-0.05, 0) is 18.6 Å². The van der Waals surface area contributed by atoms with Crippen molar-refractivity contribution in [1.82, 2.24) is 0 Å². The number of thiazole rings is 1. The highest BCUT2D eigenvalue weighted by atomic mass is 32.2. The van der Waals surface area contributed by atoms with E-state index in [1.165, 1.54) is 23.5 Å². The van der Waals surface area contributed by atoms with Gasteiger partial charge in [0.15, 0.2) is 0 Å². The van der Waals surface area contributed by atoms with E-state index in [0.29, 0.717) is 17.8 Å². The summed E-state index contributed by atoms with van der Waals surface area (Å²) in [5.74, 6) is 0.581. The first kappa shape index (κ1) is 17.5. The summed E-state index contributed by atoms with van der Waals surface area (Å²) in [6.45, 7) is 2.51. The van der Waals surface area contributed by atoms with Gasteiger partial charge in [-0.25, -0.2) is 0 Å². The number of aromatic nitrogens is 1. The molecule has 1 aromatic heterocycles. The fourth-order valence-corrected chi connectivity index (χ4v) is 3.59. The van der Waals surface area contributed by atoms with Crippen LogP contribution in [0.2, 0.25) is 0 Å². The van der Waals surface area contributed by atoms with Gasteiger partial charge in [0.2, 0.25) is 10.5 Å². The molecule has 0 bridgehead atoms. The van der Waals surface area contributed by atoms with E-state index in [2.05, 4.69) is 9.37 Å². The van der Waals surface area contributed by atoms with E-state index < -0.39 is 11.7 Å². The Morgan fingerprint density at radius 3 is 2.77 bits per heavy atom. The van der Waals surface area contributed by atoms with Crippen LogP contribution in [0.4, 0.5) is 13.2 Å². The van der Waals surface area contributed by atoms with Gasteiger partial charge in [-0.2, -0.15) is 22.1 Å². The minimum atomic E-state index is -4.34. The minimum absolute atomic E-state index is 0.581. The Balaban J connectivity index is 2.09. The van der Waals surface area contributed by atoms with Gasteiger partial charge in [-0.3, -0.25) is 5.04 Å². The van der Waals surface area contributed by atoms with Crippen molar-refractivity contribution in [2.24, 2.45) is 0 Å². The van der Waals surface area contributed by atoms with Crippen LogP contribution in [0, 0.1) is 6.92 Å². The number of alkyl halides is 3. The van der Waals surface area contributed by atoms with Crippen molar-refractivity contribution in [1.29, 1.82) is 0 Å². The number of hydrogen-bond donors (Lipinski definition) is 0. The normalized spacial score (nSPS) is 12.2. The van der Waals surface area contributed by atoms with Gasteiger partial charge in [-0.1, -0.05) is 11.3 Å². The predicted octanol–water partition coefficient (Wildman–Crippen LogP) is 3.17. The van der Waals surface area contributed by atoms with Gasteiger partial charge in [-0.15, -0.1) is 0 Å². The molecule has 2 rings (SSSR count). The molecular formula is C13H14F3NO3S2. The molecule has 0 saturated heterocycles. The lowest BCUT2D eigenvalue weighted by Gasteiger charge is -2.05. The average molecular weight is 353 g/mol. The summed E-state index contributed by atoms with van der Waals surface area (Å²) >= 11 is 2.39. The van der Waals surface area contributed by atoms with Crippen LogP contribution in [0.1, 0.15) is 23.4 Å². The number of aryl methyl sites for hydroxylation is 2. The molecule has 9 heteroatoms. The van der Waals surface area contributed by atoms with E-state index in [-0.39, 0.29) is 0 Å². The summed E-state index contributed by atoms with van der Waals surface area (Å²) in [6, 6.07) is 3.82. The van der Waals surface area contributed by atoms with Crippen LogP contribution in [0.25, 0.3) is 10.2 Å². The SMILES string of the molecule is Cc1sc2ccc(C(F)(F)F)cc2[n+]1CCCCSOO[O-]. The average Bonchev–Trinajstić information content (AvgIpc) is 2.77. The number of rotatable bonds is 7. The molecule has 2 aromatic rings. The fourth-order valence-electron chi connectivity index (χ4n) is 2.14. The molecule has 0 fully saturated rings. The molecule has 0 atom stereocenters. The smallest absolute Gasteiger partial charge is 0.416 e. The van der Waals surface area contributed by atoms with Gasteiger partial charge in [0.1, 0.15) is 11.2 Å². The Hall–Kier alpha value is -0.870. The first-order valence-corrected chi connectivity index (χ1v) is 8.24. The zero-order valence-electron chi connectivity index (χ0n) is 11.7. The number of nitrogens with zero attached hydrogens (tertiary/aromatic N) is 1. The number of unbranched alkanes of at least 4 members (excludes halogenated alkanes) is 1. The van der Waals surface area contributed by atoms with Crippen LogP contribution in [-0.2, 0) is 22.1 Å². The van der Waals surface area contributed by atoms with Crippen molar-refractivity contribution in [3.8, 4) is 0 Å². The van der Waals surface area contributed by atoms with Crippen LogP contribution in [0.5, 0.6) is 0 Å². The fraction of sp³-hybridized carbons (Fsp3) is 0.462. The second-order valence-electron chi connectivity index (χ2n) is 4.62. The molecule has 1 aromatic carbocycles. The van der Waals surface area contributed by atoms with Crippen molar-refractivity contribution in [2.75, 3.05) is 5.75 Å². The van der Waals surface area contributed by atoms with Crippen molar-refractivity contribution >= 4 is 33.6 Å². The van der Waals surface area contributed by atoms with Crippen molar-refractivity contribution < 1.29 is 32.4 Å². The molecule has 122 valence electrons. The molecule has 0 aliphatic carbocycles. The lowest BCUT2D eigenvalue weighted by Crippen LogP contribution is -2.35. The van der Waals surface area contributed by atoms with Crippen molar-refractivity contribution in [3.05, 3.63) is 28.8 Å². The summed E-state index contributed by atoms with van der Waals surface area (Å²) in [6.07, 6.45) is -2.81. The lowest BCUT2D eigenvalue weighted by molar-refractivity contribution is -0.777. The quantitative estimate of drug-likeness (QED) is 0.252. The summed E-state index contributed by atoms with van der Waals surface area (Å²) in [4.78, 5) is 0. The summed E-state index contributed by atoms with van der Waals surface area (Å²) in [5, 5.41) is 13.8. The van der Waals surface area contributed by atoms with Gasteiger partial charge in [0.05, 0.1) is 5.56 Å². The third-order valence-corrected chi connectivity index (χ3v) is 4.84. The lowest BCUT2D eigenvalue weighted by atomic mass is 10.2. The zero-order chi connectivity index (χ0) is 16.2. The minimum Gasteiger partial charge on any atom is -0.691 e. The Kier molecular flexibility index (Phi) is 6.04. The summed E-state index contributed by atoms with van der Waals surface area (Å²) in [7, 11) is 0. The maximum Gasteiger partial charge on any atom is 0.416 e. The molecule has 0 N–H and O–H groups in total. The van der Waals surface area contributed by atoms with E-state index in [4.69, 9.17) is 0 Å². The molecule has 0 saturated carbocycles. The molecule has 0 aliphatic rings. The van der Waals surface area contributed by atoms with Gasteiger partial charge < -0.3 is 5.26 Å². The van der Waals surface area contributed by atoms with Gasteiger partial charge in [0.25, 0.3) is 0 Å². The highest BCUT2D eigenvalue weighted by molar-refractivity contribution is 7.94. The third-order valence-electron chi connectivity index (χ3n) is 3.15. The largest absolute Gasteiger partial charge is 0.691 e. The van der Waals surface area contributed by atoms with E-state index in [1.807, 2.05) is 11.5 Å². The van der Waals surface area contributed by atoms with E-state index in [1.54, 1.807) is 0 Å². The third kappa shape index (κ3) is 4.32. The highest BCUT2D eigenvalue weighted by Gasteiger charge is 2.32. The van der Waals surface area contributed by atoms with Crippen molar-refractivity contribution in [2.45, 2.75) is 32.5 Å². The molecule has 1 heterocycles. The first-order valence-electron chi connectivity index (χ1n) is 6.52. The van der Waals surface area contributed by atoms with Crippen LogP contribution < -0.4 is 9.82 Å². The summed E-state index contributed by atoms with van der Waals surface area (Å²) in [5.41, 5.74) is -0.0350. The van der Waals surface area contributed by atoms with Crippen LogP contribution in [0.3, 0.4) is 0 Å². The first-order chi connectivity index (χ1) is 10.4. The topological polar surface area (TPSA) is 45.4 Å². The number of fused-ring (bicyclic) bond motifs is 1. The molecule has 0 aliphatic heterocycles.